The molecule has 0 radical (unpaired) electrons. The van der Waals surface area contributed by atoms with Crippen LogP contribution in [0, 0.1) is 0 Å². The minimum absolute atomic E-state index is 0.0933. The van der Waals surface area contributed by atoms with E-state index in [1.54, 1.807) is 0 Å². The first-order valence-corrected chi connectivity index (χ1v) is 19.3. The molecule has 4 nitrogen and oxygen atoms in total. The van der Waals surface area contributed by atoms with Crippen LogP contribution in [-0.2, 0) is 5.41 Å². The molecule has 0 saturated carbocycles. The number of ether oxygens (including phenoxy) is 1. The molecule has 0 unspecified atom stereocenters. The molecule has 1 aromatic heterocycles. The van der Waals surface area contributed by atoms with Crippen LogP contribution >= 0.6 is 0 Å². The van der Waals surface area contributed by atoms with E-state index in [1.807, 2.05) is 12.1 Å². The zero-order chi connectivity index (χ0) is 37.0. The minimum Gasteiger partial charge on any atom is -0.492 e. The third-order valence-electron chi connectivity index (χ3n) is 11.5. The Morgan fingerprint density at radius 1 is 0.741 bits per heavy atom. The SMILES string of the molecule is C=C(N=C(N=C(CCCC)c1cccc2c1[C@@H](C)COc1ccccc1-2)c1ccccc1)n1c2ccccc2c2c3c(ccc21)C(C)(C)c1ccccc1-3. The predicted octanol–water partition coefficient (Wildman–Crippen LogP) is 12.8. The van der Waals surface area contributed by atoms with Crippen molar-refractivity contribution in [1.82, 2.24) is 4.57 Å². The summed E-state index contributed by atoms with van der Waals surface area (Å²) in [5, 5.41) is 2.44. The number of amidine groups is 1. The lowest BCUT2D eigenvalue weighted by Gasteiger charge is -2.21. The lowest BCUT2D eigenvalue weighted by molar-refractivity contribution is 0.300. The molecule has 266 valence electrons. The molecule has 9 rings (SSSR count). The fraction of sp³-hybridized carbons (Fsp3) is 0.200. The van der Waals surface area contributed by atoms with Crippen LogP contribution in [-0.4, -0.2) is 22.7 Å². The summed E-state index contributed by atoms with van der Waals surface area (Å²) in [7, 11) is 0. The number of unbranched alkanes of at least 4 members (excludes halogenated alkanes) is 1. The van der Waals surface area contributed by atoms with Gasteiger partial charge in [-0.1, -0.05) is 156 Å². The molecule has 0 bridgehead atoms. The highest BCUT2D eigenvalue weighted by molar-refractivity contribution is 6.19. The standard InChI is InChI=1S/C50H45N3O/c1-6-7-26-42(38-24-17-23-36-35-20-13-16-28-45(35)54-31-32(2)46(36)38)52-49(34-18-9-8-10-19-34)51-33(3)53-43-27-15-12-22-39(43)48-44(53)30-29-41-47(48)37-21-11-14-25-40(37)50(41,4)5/h8-25,27-30,32H,3,6-7,26,31H2,1-2,4-5H3/t32-/m0/s1. The first kappa shape index (κ1) is 33.8. The first-order chi connectivity index (χ1) is 26.4. The van der Waals surface area contributed by atoms with E-state index in [0.29, 0.717) is 18.3 Å². The van der Waals surface area contributed by atoms with Gasteiger partial charge in [-0.15, -0.1) is 0 Å². The average Bonchev–Trinajstić information content (AvgIpc) is 3.60. The molecule has 1 aliphatic carbocycles. The Balaban J connectivity index is 1.25. The van der Waals surface area contributed by atoms with Gasteiger partial charge in [0.1, 0.15) is 11.6 Å². The van der Waals surface area contributed by atoms with Crippen molar-refractivity contribution in [3.8, 4) is 28.0 Å². The molecule has 2 heterocycles. The second-order valence-electron chi connectivity index (χ2n) is 15.3. The molecule has 1 aliphatic heterocycles. The molecule has 6 aromatic carbocycles. The summed E-state index contributed by atoms with van der Waals surface area (Å²) in [6, 6.07) is 47.5. The largest absolute Gasteiger partial charge is 0.492 e. The molecule has 2 aliphatic rings. The number of rotatable bonds is 7. The van der Waals surface area contributed by atoms with Crippen LogP contribution in [0.3, 0.4) is 0 Å². The van der Waals surface area contributed by atoms with Crippen LogP contribution in [0.4, 0.5) is 0 Å². The zero-order valence-electron chi connectivity index (χ0n) is 31.6. The smallest absolute Gasteiger partial charge is 0.161 e. The first-order valence-electron chi connectivity index (χ1n) is 19.3. The van der Waals surface area contributed by atoms with Gasteiger partial charge in [0.05, 0.1) is 23.4 Å². The van der Waals surface area contributed by atoms with Crippen molar-refractivity contribution >= 4 is 39.2 Å². The fourth-order valence-electron chi connectivity index (χ4n) is 8.86. The van der Waals surface area contributed by atoms with Crippen molar-refractivity contribution in [2.24, 2.45) is 9.98 Å². The molecule has 0 amide bonds. The number of aromatic nitrogens is 1. The van der Waals surface area contributed by atoms with Crippen molar-refractivity contribution in [3.05, 3.63) is 168 Å². The number of fused-ring (bicyclic) bond motifs is 10. The van der Waals surface area contributed by atoms with Crippen LogP contribution in [0.1, 0.15) is 80.7 Å². The monoisotopic (exact) mass is 703 g/mol. The molecule has 1 atom stereocenters. The zero-order valence-corrected chi connectivity index (χ0v) is 31.6. The van der Waals surface area contributed by atoms with E-state index in [0.717, 1.165) is 58.4 Å². The van der Waals surface area contributed by atoms with Crippen LogP contribution in [0.5, 0.6) is 5.75 Å². The molecule has 4 heteroatoms. The maximum absolute atomic E-state index is 6.35. The van der Waals surface area contributed by atoms with Crippen molar-refractivity contribution < 1.29 is 4.74 Å². The number of benzene rings is 6. The predicted molar refractivity (Wildman–Crippen MR) is 227 cm³/mol. The second-order valence-corrected chi connectivity index (χ2v) is 15.3. The molecule has 0 saturated heterocycles. The summed E-state index contributed by atoms with van der Waals surface area (Å²) >= 11 is 0. The molecular formula is C50H45N3O. The minimum atomic E-state index is -0.0933. The van der Waals surface area contributed by atoms with Gasteiger partial charge in [0, 0.05) is 38.8 Å². The van der Waals surface area contributed by atoms with Gasteiger partial charge in [0.25, 0.3) is 0 Å². The Kier molecular flexibility index (Phi) is 8.42. The Morgan fingerprint density at radius 2 is 1.46 bits per heavy atom. The molecule has 0 fully saturated rings. The van der Waals surface area contributed by atoms with Gasteiger partial charge in [0.2, 0.25) is 0 Å². The maximum Gasteiger partial charge on any atom is 0.161 e. The van der Waals surface area contributed by atoms with E-state index in [4.69, 9.17) is 14.7 Å². The highest BCUT2D eigenvalue weighted by Crippen LogP contribution is 2.53. The number of nitrogens with zero attached hydrogens (tertiary/aromatic N) is 3. The number of aliphatic imine (C=N–C) groups is 2. The molecule has 54 heavy (non-hydrogen) atoms. The Labute approximate surface area is 318 Å². The van der Waals surface area contributed by atoms with E-state index in [9.17, 15) is 0 Å². The van der Waals surface area contributed by atoms with Gasteiger partial charge in [-0.3, -0.25) is 4.57 Å². The third-order valence-corrected chi connectivity index (χ3v) is 11.5. The fourth-order valence-corrected chi connectivity index (χ4v) is 8.86. The van der Waals surface area contributed by atoms with Crippen LogP contribution < -0.4 is 4.74 Å². The summed E-state index contributed by atoms with van der Waals surface area (Å²) in [6.45, 7) is 14.5. The number of hydrogen-bond acceptors (Lipinski definition) is 2. The Morgan fingerprint density at radius 3 is 2.30 bits per heavy atom. The van der Waals surface area contributed by atoms with Gasteiger partial charge in [-0.2, -0.15) is 0 Å². The van der Waals surface area contributed by atoms with E-state index in [1.165, 1.54) is 44.2 Å². The summed E-state index contributed by atoms with van der Waals surface area (Å²) < 4.78 is 8.58. The van der Waals surface area contributed by atoms with Crippen molar-refractivity contribution in [2.75, 3.05) is 6.61 Å². The lowest BCUT2D eigenvalue weighted by atomic mass is 9.82. The second kappa shape index (κ2) is 13.4. The average molecular weight is 704 g/mol. The van der Waals surface area contributed by atoms with Crippen molar-refractivity contribution in [1.29, 1.82) is 0 Å². The number of para-hydroxylation sites is 2. The summed E-state index contributed by atoms with van der Waals surface area (Å²) in [5.74, 6) is 2.39. The normalized spacial score (nSPS) is 16.0. The molecule has 0 N–H and O–H groups in total. The molecule has 0 spiro atoms. The third kappa shape index (κ3) is 5.43. The molecule has 7 aromatic rings. The maximum atomic E-state index is 6.35. The quantitative estimate of drug-likeness (QED) is 0.120. The number of hydrogen-bond donors (Lipinski definition) is 0. The Bertz CT molecular complexity index is 2660. The van der Waals surface area contributed by atoms with Gasteiger partial charge in [-0.05, 0) is 64.4 Å². The van der Waals surface area contributed by atoms with Crippen molar-refractivity contribution in [3.63, 3.8) is 0 Å². The lowest BCUT2D eigenvalue weighted by Crippen LogP contribution is -2.14. The Hall–Kier alpha value is -6.00. The molecular weight excluding hydrogens is 659 g/mol. The van der Waals surface area contributed by atoms with Gasteiger partial charge in [-0.25, -0.2) is 9.98 Å². The van der Waals surface area contributed by atoms with Crippen LogP contribution in [0.2, 0.25) is 0 Å². The highest BCUT2D eigenvalue weighted by atomic mass is 16.5. The van der Waals surface area contributed by atoms with E-state index in [2.05, 4.69) is 160 Å². The van der Waals surface area contributed by atoms with Crippen LogP contribution in [0.15, 0.2) is 150 Å². The van der Waals surface area contributed by atoms with Gasteiger partial charge in [0.15, 0.2) is 5.84 Å². The van der Waals surface area contributed by atoms with Crippen LogP contribution in [0.25, 0.3) is 49.9 Å². The highest BCUT2D eigenvalue weighted by Gasteiger charge is 2.37. The van der Waals surface area contributed by atoms with Gasteiger partial charge < -0.3 is 4.74 Å². The van der Waals surface area contributed by atoms with E-state index < -0.39 is 0 Å². The van der Waals surface area contributed by atoms with E-state index in [-0.39, 0.29) is 11.3 Å². The summed E-state index contributed by atoms with van der Waals surface area (Å²) in [5.41, 5.74) is 14.2. The van der Waals surface area contributed by atoms with E-state index >= 15 is 0 Å². The summed E-state index contributed by atoms with van der Waals surface area (Å²) in [4.78, 5) is 10.9. The summed E-state index contributed by atoms with van der Waals surface area (Å²) in [6.07, 6.45) is 2.91. The van der Waals surface area contributed by atoms with Gasteiger partial charge >= 0.3 is 0 Å². The topological polar surface area (TPSA) is 38.9 Å². The van der Waals surface area contributed by atoms with Crippen molar-refractivity contribution in [2.45, 2.75) is 58.3 Å².